The van der Waals surface area contributed by atoms with Crippen molar-refractivity contribution in [2.45, 2.75) is 43.5 Å². The zero-order valence-electron chi connectivity index (χ0n) is 9.08. The molecule has 0 aliphatic carbocycles. The maximum atomic E-state index is 5.87. The summed E-state index contributed by atoms with van der Waals surface area (Å²) in [4.78, 5) is 0.626. The minimum Gasteiger partial charge on any atom is -0.490 e. The molecular weight excluding hydrogens is 252 g/mol. The van der Waals surface area contributed by atoms with E-state index in [9.17, 15) is 0 Å². The molecular formula is C13H17BrO. The standard InChI is InChI=1S/C13H17BrO/c1-10(14)5-4-7-12-9-11-6-2-3-8-13(11)15-12/h2-3,6,8,10,12H,4-5,7,9H2,1H3. The topological polar surface area (TPSA) is 9.23 Å². The molecule has 0 bridgehead atoms. The predicted octanol–water partition coefficient (Wildman–Crippen LogP) is 3.94. The van der Waals surface area contributed by atoms with Crippen molar-refractivity contribution in [2.24, 2.45) is 0 Å². The molecule has 0 saturated heterocycles. The number of rotatable bonds is 4. The fourth-order valence-electron chi connectivity index (χ4n) is 2.04. The van der Waals surface area contributed by atoms with Crippen LogP contribution in [0.3, 0.4) is 0 Å². The smallest absolute Gasteiger partial charge is 0.123 e. The van der Waals surface area contributed by atoms with E-state index in [0.717, 1.165) is 12.2 Å². The monoisotopic (exact) mass is 268 g/mol. The van der Waals surface area contributed by atoms with Crippen molar-refractivity contribution in [3.63, 3.8) is 0 Å². The highest BCUT2D eigenvalue weighted by atomic mass is 79.9. The Kier molecular flexibility index (Phi) is 3.68. The first-order valence-electron chi connectivity index (χ1n) is 5.64. The number of para-hydroxylation sites is 1. The van der Waals surface area contributed by atoms with E-state index >= 15 is 0 Å². The number of hydrogen-bond donors (Lipinski definition) is 0. The Morgan fingerprint density at radius 2 is 2.27 bits per heavy atom. The average molecular weight is 269 g/mol. The summed E-state index contributed by atoms with van der Waals surface area (Å²) in [5.74, 6) is 1.09. The minimum absolute atomic E-state index is 0.411. The van der Waals surface area contributed by atoms with Crippen LogP contribution in [0.4, 0.5) is 0 Å². The van der Waals surface area contributed by atoms with E-state index in [1.807, 2.05) is 6.07 Å². The van der Waals surface area contributed by atoms with Gasteiger partial charge in [-0.15, -0.1) is 0 Å². The Hall–Kier alpha value is -0.500. The summed E-state index contributed by atoms with van der Waals surface area (Å²) < 4.78 is 5.87. The van der Waals surface area contributed by atoms with E-state index in [1.54, 1.807) is 0 Å². The lowest BCUT2D eigenvalue weighted by atomic mass is 10.1. The van der Waals surface area contributed by atoms with E-state index in [2.05, 4.69) is 41.1 Å². The molecule has 0 spiro atoms. The van der Waals surface area contributed by atoms with Gasteiger partial charge in [0.1, 0.15) is 11.9 Å². The van der Waals surface area contributed by atoms with Crippen LogP contribution in [0.1, 0.15) is 31.7 Å². The van der Waals surface area contributed by atoms with E-state index in [1.165, 1.54) is 24.8 Å². The Balaban J connectivity index is 1.80. The van der Waals surface area contributed by atoms with Gasteiger partial charge in [0.15, 0.2) is 0 Å². The number of hydrogen-bond acceptors (Lipinski definition) is 1. The van der Waals surface area contributed by atoms with Gasteiger partial charge in [-0.1, -0.05) is 41.1 Å². The highest BCUT2D eigenvalue weighted by Crippen LogP contribution is 2.30. The molecule has 2 rings (SSSR count). The number of benzene rings is 1. The lowest BCUT2D eigenvalue weighted by Gasteiger charge is -2.10. The molecule has 1 aromatic rings. The molecule has 1 aromatic carbocycles. The number of ether oxygens (including phenoxy) is 1. The van der Waals surface area contributed by atoms with Crippen molar-refractivity contribution in [1.29, 1.82) is 0 Å². The SMILES string of the molecule is CC(Br)CCCC1Cc2ccccc2O1. The predicted molar refractivity (Wildman–Crippen MR) is 66.8 cm³/mol. The largest absolute Gasteiger partial charge is 0.490 e. The third kappa shape index (κ3) is 2.97. The molecule has 1 nitrogen and oxygen atoms in total. The van der Waals surface area contributed by atoms with Gasteiger partial charge in [0.05, 0.1) is 0 Å². The molecule has 2 atom stereocenters. The first-order valence-corrected chi connectivity index (χ1v) is 6.56. The van der Waals surface area contributed by atoms with Crippen molar-refractivity contribution >= 4 is 15.9 Å². The van der Waals surface area contributed by atoms with E-state index in [4.69, 9.17) is 4.74 Å². The third-order valence-electron chi connectivity index (χ3n) is 2.84. The van der Waals surface area contributed by atoms with Gasteiger partial charge < -0.3 is 4.74 Å². The molecule has 0 N–H and O–H groups in total. The summed E-state index contributed by atoms with van der Waals surface area (Å²) >= 11 is 3.57. The molecule has 2 unspecified atom stereocenters. The molecule has 0 radical (unpaired) electrons. The van der Waals surface area contributed by atoms with Crippen LogP contribution >= 0.6 is 15.9 Å². The van der Waals surface area contributed by atoms with Crippen molar-refractivity contribution in [3.05, 3.63) is 29.8 Å². The highest BCUT2D eigenvalue weighted by Gasteiger charge is 2.21. The maximum Gasteiger partial charge on any atom is 0.123 e. The van der Waals surface area contributed by atoms with Crippen LogP contribution in [0.25, 0.3) is 0 Å². The van der Waals surface area contributed by atoms with Gasteiger partial charge in [-0.3, -0.25) is 0 Å². The zero-order valence-corrected chi connectivity index (χ0v) is 10.7. The molecule has 1 aliphatic heterocycles. The average Bonchev–Trinajstić information content (AvgIpc) is 2.59. The summed E-state index contributed by atoms with van der Waals surface area (Å²) in [7, 11) is 0. The zero-order chi connectivity index (χ0) is 10.7. The van der Waals surface area contributed by atoms with Gasteiger partial charge >= 0.3 is 0 Å². The summed E-state index contributed by atoms with van der Waals surface area (Å²) in [5, 5.41) is 0. The molecule has 15 heavy (non-hydrogen) atoms. The van der Waals surface area contributed by atoms with Crippen LogP contribution in [0.15, 0.2) is 24.3 Å². The normalized spacial score (nSPS) is 20.8. The summed E-state index contributed by atoms with van der Waals surface area (Å²) in [6.45, 7) is 2.20. The van der Waals surface area contributed by atoms with Gasteiger partial charge in [0, 0.05) is 11.2 Å². The quantitative estimate of drug-likeness (QED) is 0.752. The Bertz CT molecular complexity index is 297. The van der Waals surface area contributed by atoms with Gasteiger partial charge in [-0.05, 0) is 30.9 Å². The van der Waals surface area contributed by atoms with Crippen LogP contribution in [0.5, 0.6) is 5.75 Å². The van der Waals surface area contributed by atoms with Crippen molar-refractivity contribution in [3.8, 4) is 5.75 Å². The fourth-order valence-corrected chi connectivity index (χ4v) is 2.37. The second-order valence-corrected chi connectivity index (χ2v) is 5.83. The van der Waals surface area contributed by atoms with Gasteiger partial charge in [-0.2, -0.15) is 0 Å². The lowest BCUT2D eigenvalue weighted by molar-refractivity contribution is 0.217. The first kappa shape index (κ1) is 11.0. The number of alkyl halides is 1. The van der Waals surface area contributed by atoms with Gasteiger partial charge in [0.25, 0.3) is 0 Å². The maximum absolute atomic E-state index is 5.87. The van der Waals surface area contributed by atoms with Crippen molar-refractivity contribution in [1.82, 2.24) is 0 Å². The Morgan fingerprint density at radius 1 is 1.47 bits per heavy atom. The molecule has 0 fully saturated rings. The second-order valence-electron chi connectivity index (χ2n) is 4.26. The van der Waals surface area contributed by atoms with Gasteiger partial charge in [-0.25, -0.2) is 0 Å². The first-order chi connectivity index (χ1) is 7.25. The van der Waals surface area contributed by atoms with Crippen molar-refractivity contribution in [2.75, 3.05) is 0 Å². The lowest BCUT2D eigenvalue weighted by Crippen LogP contribution is -2.12. The molecule has 1 heterocycles. The molecule has 0 saturated carbocycles. The Morgan fingerprint density at radius 3 is 3.00 bits per heavy atom. The highest BCUT2D eigenvalue weighted by molar-refractivity contribution is 9.09. The number of halogens is 1. The van der Waals surface area contributed by atoms with Crippen LogP contribution in [0.2, 0.25) is 0 Å². The minimum atomic E-state index is 0.411. The van der Waals surface area contributed by atoms with E-state index in [0.29, 0.717) is 10.9 Å². The van der Waals surface area contributed by atoms with Gasteiger partial charge in [0.2, 0.25) is 0 Å². The number of fused-ring (bicyclic) bond motifs is 1. The molecule has 82 valence electrons. The van der Waals surface area contributed by atoms with Crippen LogP contribution < -0.4 is 4.74 Å². The molecule has 0 aromatic heterocycles. The van der Waals surface area contributed by atoms with E-state index in [-0.39, 0.29) is 0 Å². The van der Waals surface area contributed by atoms with Crippen LogP contribution in [-0.2, 0) is 6.42 Å². The molecule has 1 aliphatic rings. The van der Waals surface area contributed by atoms with Crippen LogP contribution in [0, 0.1) is 0 Å². The van der Waals surface area contributed by atoms with E-state index < -0.39 is 0 Å². The second kappa shape index (κ2) is 5.02. The van der Waals surface area contributed by atoms with Crippen molar-refractivity contribution < 1.29 is 4.74 Å². The summed E-state index contributed by atoms with van der Waals surface area (Å²) in [6.07, 6.45) is 5.15. The summed E-state index contributed by atoms with van der Waals surface area (Å²) in [5.41, 5.74) is 1.37. The van der Waals surface area contributed by atoms with Crippen LogP contribution in [-0.4, -0.2) is 10.9 Å². The molecule has 2 heteroatoms. The summed E-state index contributed by atoms with van der Waals surface area (Å²) in [6, 6.07) is 8.37. The third-order valence-corrected chi connectivity index (χ3v) is 3.30. The Labute approximate surface area is 100.0 Å². The molecule has 0 amide bonds. The fraction of sp³-hybridized carbons (Fsp3) is 0.538.